The van der Waals surface area contributed by atoms with Gasteiger partial charge in [0.05, 0.1) is 10.5 Å². The Morgan fingerprint density at radius 1 is 0.964 bits per heavy atom. The third-order valence-electron chi connectivity index (χ3n) is 4.40. The second-order valence-electron chi connectivity index (χ2n) is 6.43. The number of benzene rings is 3. The summed E-state index contributed by atoms with van der Waals surface area (Å²) in [5.74, 6) is 0.183. The van der Waals surface area contributed by atoms with Gasteiger partial charge in [-0.2, -0.15) is 0 Å². The van der Waals surface area contributed by atoms with Gasteiger partial charge in [-0.25, -0.2) is 0 Å². The lowest BCUT2D eigenvalue weighted by Crippen LogP contribution is -2.12. The number of ketones is 1. The molecule has 0 radical (unpaired) electrons. The Bertz CT molecular complexity index is 915. The van der Waals surface area contributed by atoms with Crippen LogP contribution in [0.2, 0.25) is 0 Å². The van der Waals surface area contributed by atoms with Crippen molar-refractivity contribution in [2.24, 2.45) is 0 Å². The summed E-state index contributed by atoms with van der Waals surface area (Å²) in [6.45, 7) is 1.90. The minimum atomic E-state index is -0.502. The first kappa shape index (κ1) is 19.3. The number of nitrogens with zero attached hydrogens (tertiary/aromatic N) is 1. The summed E-state index contributed by atoms with van der Waals surface area (Å²) in [4.78, 5) is 23.3. The van der Waals surface area contributed by atoms with E-state index in [2.05, 4.69) is 0 Å². The van der Waals surface area contributed by atoms with Crippen LogP contribution < -0.4 is 4.74 Å². The quantitative estimate of drug-likeness (QED) is 0.286. The van der Waals surface area contributed by atoms with Crippen LogP contribution in [0.3, 0.4) is 0 Å². The third kappa shape index (κ3) is 4.43. The number of carbonyl (C=O) groups is 1. The Labute approximate surface area is 163 Å². The molecule has 142 valence electrons. The molecule has 0 aliphatic carbocycles. The minimum Gasteiger partial charge on any atom is -0.480 e. The van der Waals surface area contributed by atoms with Crippen LogP contribution in [-0.4, -0.2) is 10.7 Å². The van der Waals surface area contributed by atoms with Crippen molar-refractivity contribution in [1.29, 1.82) is 0 Å². The highest BCUT2D eigenvalue weighted by Gasteiger charge is 2.22. The Balaban J connectivity index is 2.05. The van der Waals surface area contributed by atoms with E-state index >= 15 is 0 Å². The largest absolute Gasteiger partial charge is 0.480 e. The van der Waals surface area contributed by atoms with Gasteiger partial charge < -0.3 is 4.74 Å². The number of Topliss-reactive ketones (excluding diaryl/α,β-unsaturated/α-hetero) is 1. The second kappa shape index (κ2) is 8.95. The van der Waals surface area contributed by atoms with E-state index in [-0.39, 0.29) is 17.0 Å². The number of carbonyl (C=O) groups excluding carboxylic acids is 1. The van der Waals surface area contributed by atoms with Gasteiger partial charge in [0.25, 0.3) is 5.69 Å². The van der Waals surface area contributed by atoms with Crippen molar-refractivity contribution in [1.82, 2.24) is 0 Å². The molecule has 0 aliphatic heterocycles. The normalized spacial score (nSPS) is 10.6. The average molecular weight is 375 g/mol. The molecule has 5 heteroatoms. The standard InChI is InChI=1S/C23H21NO4/c1-2-9-21(25)20-16-19(24(26)27)14-15-22(20)28-23(17-10-5-3-6-11-17)18-12-7-4-8-13-18/h3-8,10-16,23H,2,9H2,1H3. The van der Waals surface area contributed by atoms with Crippen molar-refractivity contribution >= 4 is 11.5 Å². The number of hydrogen-bond acceptors (Lipinski definition) is 4. The smallest absolute Gasteiger partial charge is 0.270 e. The Morgan fingerprint density at radius 3 is 2.04 bits per heavy atom. The van der Waals surface area contributed by atoms with Crippen molar-refractivity contribution in [3.05, 3.63) is 106 Å². The van der Waals surface area contributed by atoms with Crippen LogP contribution >= 0.6 is 0 Å². The predicted octanol–water partition coefficient (Wildman–Crippen LogP) is 5.75. The highest BCUT2D eigenvalue weighted by molar-refractivity contribution is 5.99. The lowest BCUT2D eigenvalue weighted by Gasteiger charge is -2.21. The third-order valence-corrected chi connectivity index (χ3v) is 4.40. The van der Waals surface area contributed by atoms with Crippen molar-refractivity contribution in [2.75, 3.05) is 0 Å². The molecule has 0 heterocycles. The summed E-state index contributed by atoms with van der Waals surface area (Å²) < 4.78 is 6.28. The molecule has 0 amide bonds. The lowest BCUT2D eigenvalue weighted by molar-refractivity contribution is -0.384. The van der Waals surface area contributed by atoms with Crippen molar-refractivity contribution < 1.29 is 14.5 Å². The van der Waals surface area contributed by atoms with Crippen molar-refractivity contribution in [3.8, 4) is 5.75 Å². The fraction of sp³-hybridized carbons (Fsp3) is 0.174. The first-order chi connectivity index (χ1) is 13.6. The summed E-state index contributed by atoms with van der Waals surface area (Å²) in [5.41, 5.74) is 1.98. The van der Waals surface area contributed by atoms with E-state index < -0.39 is 11.0 Å². The van der Waals surface area contributed by atoms with Gasteiger partial charge in [0.1, 0.15) is 11.9 Å². The maximum absolute atomic E-state index is 12.6. The van der Waals surface area contributed by atoms with Crippen LogP contribution in [0.15, 0.2) is 78.9 Å². The molecule has 3 aromatic rings. The summed E-state index contributed by atoms with van der Waals surface area (Å²) in [5, 5.41) is 11.2. The number of ether oxygens (including phenoxy) is 1. The topological polar surface area (TPSA) is 69.4 Å². The van der Waals surface area contributed by atoms with Crippen LogP contribution in [0.1, 0.15) is 47.4 Å². The molecule has 0 bridgehead atoms. The molecule has 0 unspecified atom stereocenters. The number of nitro benzene ring substituents is 1. The highest BCUT2D eigenvalue weighted by atomic mass is 16.6. The first-order valence-corrected chi connectivity index (χ1v) is 9.18. The maximum Gasteiger partial charge on any atom is 0.270 e. The van der Waals surface area contributed by atoms with Crippen molar-refractivity contribution in [2.45, 2.75) is 25.9 Å². The molecule has 5 nitrogen and oxygen atoms in total. The molecule has 28 heavy (non-hydrogen) atoms. The number of non-ortho nitro benzene ring substituents is 1. The molecule has 3 rings (SSSR count). The molecular formula is C23H21NO4. The van der Waals surface area contributed by atoms with Gasteiger partial charge in [-0.3, -0.25) is 14.9 Å². The van der Waals surface area contributed by atoms with Gasteiger partial charge in [-0.1, -0.05) is 67.6 Å². The zero-order chi connectivity index (χ0) is 19.9. The number of hydrogen-bond donors (Lipinski definition) is 0. The summed E-state index contributed by atoms with van der Waals surface area (Å²) >= 11 is 0. The molecule has 0 atom stereocenters. The molecule has 0 saturated carbocycles. The fourth-order valence-electron chi connectivity index (χ4n) is 3.03. The highest BCUT2D eigenvalue weighted by Crippen LogP contribution is 2.33. The lowest BCUT2D eigenvalue weighted by atomic mass is 10.0. The van der Waals surface area contributed by atoms with Gasteiger partial charge in [-0.15, -0.1) is 0 Å². The Morgan fingerprint density at radius 2 is 1.54 bits per heavy atom. The van der Waals surface area contributed by atoms with Crippen LogP contribution in [0, 0.1) is 10.1 Å². The molecular weight excluding hydrogens is 354 g/mol. The van der Waals surface area contributed by atoms with E-state index in [1.54, 1.807) is 0 Å². The summed E-state index contributed by atoms with van der Waals surface area (Å²) in [6.07, 6.45) is 0.526. The van der Waals surface area contributed by atoms with E-state index in [1.165, 1.54) is 18.2 Å². The summed E-state index contributed by atoms with van der Waals surface area (Å²) in [6, 6.07) is 23.6. The molecule has 0 saturated heterocycles. The molecule has 3 aromatic carbocycles. The second-order valence-corrected chi connectivity index (χ2v) is 6.43. The number of rotatable bonds is 8. The Hall–Kier alpha value is -3.47. The molecule has 0 aromatic heterocycles. The van der Waals surface area contributed by atoms with Crippen LogP contribution in [-0.2, 0) is 0 Å². The monoisotopic (exact) mass is 375 g/mol. The van der Waals surface area contributed by atoms with Crippen LogP contribution in [0.25, 0.3) is 0 Å². The van der Waals surface area contributed by atoms with Gasteiger partial charge in [-0.05, 0) is 23.6 Å². The molecule has 0 fully saturated rings. The van der Waals surface area contributed by atoms with E-state index in [1.807, 2.05) is 67.6 Å². The minimum absolute atomic E-state index is 0.122. The van der Waals surface area contributed by atoms with E-state index in [0.29, 0.717) is 18.6 Å². The van der Waals surface area contributed by atoms with Gasteiger partial charge in [0, 0.05) is 18.6 Å². The molecule has 0 spiro atoms. The van der Waals surface area contributed by atoms with Gasteiger partial charge >= 0.3 is 0 Å². The van der Waals surface area contributed by atoms with E-state index in [0.717, 1.165) is 11.1 Å². The van der Waals surface area contributed by atoms with E-state index in [9.17, 15) is 14.9 Å². The first-order valence-electron chi connectivity index (χ1n) is 9.18. The predicted molar refractivity (Wildman–Crippen MR) is 108 cm³/mol. The zero-order valence-corrected chi connectivity index (χ0v) is 15.6. The summed E-state index contributed by atoms with van der Waals surface area (Å²) in [7, 11) is 0. The van der Waals surface area contributed by atoms with Crippen LogP contribution in [0.4, 0.5) is 5.69 Å². The van der Waals surface area contributed by atoms with Gasteiger partial charge in [0.15, 0.2) is 5.78 Å². The van der Waals surface area contributed by atoms with E-state index in [4.69, 9.17) is 4.74 Å². The zero-order valence-electron chi connectivity index (χ0n) is 15.6. The maximum atomic E-state index is 12.6. The number of nitro groups is 1. The SMILES string of the molecule is CCCC(=O)c1cc([N+](=O)[O-])ccc1OC(c1ccccc1)c1ccccc1. The van der Waals surface area contributed by atoms with Gasteiger partial charge in [0.2, 0.25) is 0 Å². The fourth-order valence-corrected chi connectivity index (χ4v) is 3.03. The van der Waals surface area contributed by atoms with Crippen molar-refractivity contribution in [3.63, 3.8) is 0 Å². The average Bonchev–Trinajstić information content (AvgIpc) is 2.73. The van der Waals surface area contributed by atoms with Crippen LogP contribution in [0.5, 0.6) is 5.75 Å². The molecule has 0 aliphatic rings. The molecule has 0 N–H and O–H groups in total. The Kier molecular flexibility index (Phi) is 6.17.